The maximum Gasteiger partial charge on any atom is 0.101 e. The summed E-state index contributed by atoms with van der Waals surface area (Å²) in [4.78, 5) is 2.37. The summed E-state index contributed by atoms with van der Waals surface area (Å²) < 4.78 is 12.8. The molecule has 0 aromatic carbocycles. The molecule has 1 rings (SSSR count). The first-order valence-corrected chi connectivity index (χ1v) is 4.69. The van der Waals surface area contributed by atoms with Crippen molar-refractivity contribution in [3.63, 3.8) is 0 Å². The number of alkyl halides is 1. The standard InChI is InChI=1S/C9H18FN/c1-2-6-11-7-3-4-9(10)5-8-11/h9H,2-8H2,1H3. The van der Waals surface area contributed by atoms with Crippen LogP contribution in [0.5, 0.6) is 0 Å². The Kier molecular flexibility index (Phi) is 3.84. The summed E-state index contributed by atoms with van der Waals surface area (Å²) in [6, 6.07) is 0. The average molecular weight is 159 g/mol. The number of likely N-dealkylation sites (tertiary alicyclic amines) is 1. The van der Waals surface area contributed by atoms with Gasteiger partial charge in [0.2, 0.25) is 0 Å². The fourth-order valence-corrected chi connectivity index (χ4v) is 1.66. The van der Waals surface area contributed by atoms with E-state index in [4.69, 9.17) is 0 Å². The Morgan fingerprint density at radius 2 is 2.18 bits per heavy atom. The van der Waals surface area contributed by atoms with E-state index >= 15 is 0 Å². The second-order valence-corrected chi connectivity index (χ2v) is 3.37. The monoisotopic (exact) mass is 159 g/mol. The predicted octanol–water partition coefficient (Wildman–Crippen LogP) is 2.22. The van der Waals surface area contributed by atoms with Crippen LogP contribution in [0.3, 0.4) is 0 Å². The molecule has 0 bridgehead atoms. The van der Waals surface area contributed by atoms with Crippen LogP contribution < -0.4 is 0 Å². The summed E-state index contributed by atoms with van der Waals surface area (Å²) in [6.07, 6.45) is 3.23. The summed E-state index contributed by atoms with van der Waals surface area (Å²) in [6.45, 7) is 5.40. The minimum atomic E-state index is -0.531. The number of nitrogens with zero attached hydrogens (tertiary/aromatic N) is 1. The zero-order valence-corrected chi connectivity index (χ0v) is 7.35. The van der Waals surface area contributed by atoms with Crippen LogP contribution in [-0.2, 0) is 0 Å². The van der Waals surface area contributed by atoms with Gasteiger partial charge in [-0.15, -0.1) is 0 Å². The molecule has 0 aromatic rings. The van der Waals surface area contributed by atoms with E-state index in [1.54, 1.807) is 0 Å². The van der Waals surface area contributed by atoms with Gasteiger partial charge >= 0.3 is 0 Å². The Hall–Kier alpha value is -0.110. The summed E-state index contributed by atoms with van der Waals surface area (Å²) in [5, 5.41) is 0. The first-order chi connectivity index (χ1) is 5.33. The lowest BCUT2D eigenvalue weighted by Gasteiger charge is -2.17. The van der Waals surface area contributed by atoms with Gasteiger partial charge in [-0.05, 0) is 38.8 Å². The van der Waals surface area contributed by atoms with E-state index in [0.717, 1.165) is 38.9 Å². The molecule has 66 valence electrons. The second kappa shape index (κ2) is 4.70. The molecule has 0 spiro atoms. The molecule has 1 heterocycles. The molecule has 1 fully saturated rings. The largest absolute Gasteiger partial charge is 0.303 e. The van der Waals surface area contributed by atoms with Crippen molar-refractivity contribution in [3.05, 3.63) is 0 Å². The summed E-state index contributed by atoms with van der Waals surface area (Å²) in [5.41, 5.74) is 0. The quantitative estimate of drug-likeness (QED) is 0.597. The Labute approximate surface area is 68.6 Å². The molecule has 2 heteroatoms. The first kappa shape index (κ1) is 8.98. The molecule has 1 aliphatic heterocycles. The van der Waals surface area contributed by atoms with Crippen molar-refractivity contribution in [2.24, 2.45) is 0 Å². The third-order valence-electron chi connectivity index (χ3n) is 2.29. The Morgan fingerprint density at radius 3 is 2.91 bits per heavy atom. The molecule has 0 radical (unpaired) electrons. The van der Waals surface area contributed by atoms with Gasteiger partial charge in [0.15, 0.2) is 0 Å². The Balaban J connectivity index is 2.22. The van der Waals surface area contributed by atoms with Gasteiger partial charge in [-0.1, -0.05) is 6.92 Å². The first-order valence-electron chi connectivity index (χ1n) is 4.69. The molecule has 11 heavy (non-hydrogen) atoms. The molecule has 1 atom stereocenters. The van der Waals surface area contributed by atoms with E-state index in [2.05, 4.69) is 11.8 Å². The highest BCUT2D eigenvalue weighted by Crippen LogP contribution is 2.13. The van der Waals surface area contributed by atoms with Crippen LogP contribution >= 0.6 is 0 Å². The molecule has 1 nitrogen and oxygen atoms in total. The van der Waals surface area contributed by atoms with Crippen molar-refractivity contribution in [2.45, 2.75) is 38.8 Å². The van der Waals surface area contributed by atoms with Crippen LogP contribution in [0.25, 0.3) is 0 Å². The fraction of sp³-hybridized carbons (Fsp3) is 1.00. The van der Waals surface area contributed by atoms with Crippen LogP contribution in [0.2, 0.25) is 0 Å². The van der Waals surface area contributed by atoms with Gasteiger partial charge in [0.25, 0.3) is 0 Å². The summed E-state index contributed by atoms with van der Waals surface area (Å²) >= 11 is 0. The molecule has 0 aromatic heterocycles. The Morgan fingerprint density at radius 1 is 1.36 bits per heavy atom. The summed E-state index contributed by atoms with van der Waals surface area (Å²) in [7, 11) is 0. The lowest BCUT2D eigenvalue weighted by Crippen LogP contribution is -2.25. The zero-order valence-electron chi connectivity index (χ0n) is 7.35. The second-order valence-electron chi connectivity index (χ2n) is 3.37. The van der Waals surface area contributed by atoms with Crippen molar-refractivity contribution in [3.8, 4) is 0 Å². The predicted molar refractivity (Wildman–Crippen MR) is 45.5 cm³/mol. The molecule has 1 unspecified atom stereocenters. The highest BCUT2D eigenvalue weighted by atomic mass is 19.1. The van der Waals surface area contributed by atoms with Crippen LogP contribution in [0.15, 0.2) is 0 Å². The third-order valence-corrected chi connectivity index (χ3v) is 2.29. The van der Waals surface area contributed by atoms with Crippen molar-refractivity contribution >= 4 is 0 Å². The van der Waals surface area contributed by atoms with Gasteiger partial charge in [-0.25, -0.2) is 4.39 Å². The minimum Gasteiger partial charge on any atom is -0.303 e. The Bertz CT molecular complexity index is 106. The number of hydrogen-bond donors (Lipinski definition) is 0. The van der Waals surface area contributed by atoms with Gasteiger partial charge in [-0.3, -0.25) is 0 Å². The number of hydrogen-bond acceptors (Lipinski definition) is 1. The molecular formula is C9H18FN. The average Bonchev–Trinajstić information content (AvgIpc) is 2.17. The number of halogens is 1. The van der Waals surface area contributed by atoms with Gasteiger partial charge in [0.1, 0.15) is 6.17 Å². The van der Waals surface area contributed by atoms with E-state index in [-0.39, 0.29) is 0 Å². The van der Waals surface area contributed by atoms with E-state index in [1.807, 2.05) is 0 Å². The van der Waals surface area contributed by atoms with Gasteiger partial charge in [0.05, 0.1) is 0 Å². The van der Waals surface area contributed by atoms with Crippen molar-refractivity contribution in [2.75, 3.05) is 19.6 Å². The summed E-state index contributed by atoms with van der Waals surface area (Å²) in [5.74, 6) is 0. The van der Waals surface area contributed by atoms with Crippen LogP contribution in [-0.4, -0.2) is 30.7 Å². The molecule has 0 aliphatic carbocycles. The van der Waals surface area contributed by atoms with Crippen molar-refractivity contribution < 1.29 is 4.39 Å². The van der Waals surface area contributed by atoms with Crippen LogP contribution in [0.1, 0.15) is 32.6 Å². The minimum absolute atomic E-state index is 0.531. The number of rotatable bonds is 2. The molecule has 1 aliphatic rings. The third kappa shape index (κ3) is 3.19. The van der Waals surface area contributed by atoms with Gasteiger partial charge < -0.3 is 4.90 Å². The lowest BCUT2D eigenvalue weighted by atomic mass is 10.2. The molecule has 1 saturated heterocycles. The SMILES string of the molecule is CCCN1CCCC(F)CC1. The van der Waals surface area contributed by atoms with E-state index < -0.39 is 6.17 Å². The molecular weight excluding hydrogens is 141 g/mol. The zero-order chi connectivity index (χ0) is 8.10. The molecule has 0 amide bonds. The smallest absolute Gasteiger partial charge is 0.101 e. The van der Waals surface area contributed by atoms with E-state index in [1.165, 1.54) is 6.42 Å². The topological polar surface area (TPSA) is 3.24 Å². The van der Waals surface area contributed by atoms with Crippen molar-refractivity contribution in [1.82, 2.24) is 4.90 Å². The van der Waals surface area contributed by atoms with E-state index in [0.29, 0.717) is 0 Å². The highest BCUT2D eigenvalue weighted by Gasteiger charge is 2.14. The van der Waals surface area contributed by atoms with Crippen LogP contribution in [0.4, 0.5) is 4.39 Å². The van der Waals surface area contributed by atoms with Gasteiger partial charge in [0, 0.05) is 6.54 Å². The van der Waals surface area contributed by atoms with E-state index in [9.17, 15) is 4.39 Å². The fourth-order valence-electron chi connectivity index (χ4n) is 1.66. The normalized spacial score (nSPS) is 28.4. The van der Waals surface area contributed by atoms with Gasteiger partial charge in [-0.2, -0.15) is 0 Å². The molecule has 0 N–H and O–H groups in total. The lowest BCUT2D eigenvalue weighted by molar-refractivity contribution is 0.264. The van der Waals surface area contributed by atoms with Crippen LogP contribution in [0, 0.1) is 0 Å². The molecule has 0 saturated carbocycles. The van der Waals surface area contributed by atoms with Crippen molar-refractivity contribution in [1.29, 1.82) is 0 Å². The maximum atomic E-state index is 12.8. The highest BCUT2D eigenvalue weighted by molar-refractivity contribution is 4.68. The maximum absolute atomic E-state index is 12.8.